The van der Waals surface area contributed by atoms with Crippen LogP contribution in [0.5, 0.6) is 0 Å². The predicted molar refractivity (Wildman–Crippen MR) is 104 cm³/mol. The third-order valence-corrected chi connectivity index (χ3v) is 4.23. The van der Waals surface area contributed by atoms with Crippen LogP contribution in [0.3, 0.4) is 0 Å². The number of nitro benzene ring substituents is 1. The molecule has 0 aliphatic rings. The standard InChI is InChI=1S/C20H14FN5O3/c21-17-8-1-2-9-18(17)25-20(24-10-3-4-11-24)16(13-22-25)19(27)23-14-6-5-7-15(12-14)26(28)29/h1-13H,(H,23,27). The fraction of sp³-hybridized carbons (Fsp3) is 0. The number of carbonyl (C=O) groups excluding carboxylic acids is 1. The molecule has 29 heavy (non-hydrogen) atoms. The number of hydrogen-bond donors (Lipinski definition) is 1. The van der Waals surface area contributed by atoms with Crippen molar-refractivity contribution in [2.45, 2.75) is 0 Å². The van der Waals surface area contributed by atoms with Crippen LogP contribution in [0.25, 0.3) is 11.5 Å². The Labute approximate surface area is 164 Å². The molecule has 0 bridgehead atoms. The maximum atomic E-state index is 14.3. The zero-order chi connectivity index (χ0) is 20.4. The molecule has 0 unspecified atom stereocenters. The van der Waals surface area contributed by atoms with Crippen molar-refractivity contribution in [2.75, 3.05) is 5.32 Å². The Morgan fingerprint density at radius 3 is 2.55 bits per heavy atom. The SMILES string of the molecule is O=C(Nc1cccc([N+](=O)[O-])c1)c1cnn(-c2ccccc2F)c1-n1cccc1. The van der Waals surface area contributed by atoms with E-state index in [1.165, 1.54) is 35.1 Å². The summed E-state index contributed by atoms with van der Waals surface area (Å²) in [5, 5.41) is 17.8. The predicted octanol–water partition coefficient (Wildman–Crippen LogP) is 3.96. The Bertz CT molecular complexity index is 1200. The molecule has 2 heterocycles. The highest BCUT2D eigenvalue weighted by Gasteiger charge is 2.21. The van der Waals surface area contributed by atoms with Crippen LogP contribution in [-0.4, -0.2) is 25.2 Å². The van der Waals surface area contributed by atoms with Crippen molar-refractivity contribution < 1.29 is 14.1 Å². The number of anilines is 1. The lowest BCUT2D eigenvalue weighted by Gasteiger charge is -2.12. The highest BCUT2D eigenvalue weighted by molar-refractivity contribution is 6.06. The lowest BCUT2D eigenvalue weighted by Crippen LogP contribution is -2.15. The Kier molecular flexibility index (Phi) is 4.62. The first kappa shape index (κ1) is 18.1. The molecule has 4 aromatic rings. The first-order valence-electron chi connectivity index (χ1n) is 8.56. The molecule has 4 rings (SSSR count). The number of nitrogens with one attached hydrogen (secondary N) is 1. The van der Waals surface area contributed by atoms with Crippen LogP contribution in [0.15, 0.2) is 79.3 Å². The third kappa shape index (κ3) is 3.48. The van der Waals surface area contributed by atoms with E-state index in [9.17, 15) is 19.3 Å². The largest absolute Gasteiger partial charge is 0.322 e. The molecule has 1 amide bonds. The molecule has 0 atom stereocenters. The van der Waals surface area contributed by atoms with Crippen molar-refractivity contribution in [2.24, 2.45) is 0 Å². The van der Waals surface area contributed by atoms with Crippen molar-refractivity contribution in [3.8, 4) is 11.5 Å². The molecule has 0 radical (unpaired) electrons. The van der Waals surface area contributed by atoms with Crippen LogP contribution >= 0.6 is 0 Å². The summed E-state index contributed by atoms with van der Waals surface area (Å²) in [6, 6.07) is 15.2. The van der Waals surface area contributed by atoms with Gasteiger partial charge in [-0.2, -0.15) is 5.10 Å². The molecule has 144 valence electrons. The molecule has 2 aromatic carbocycles. The summed E-state index contributed by atoms with van der Waals surface area (Å²) in [5.74, 6) is -0.686. The second-order valence-electron chi connectivity index (χ2n) is 6.10. The minimum absolute atomic E-state index is 0.143. The Hall–Kier alpha value is -4.27. The topological polar surface area (TPSA) is 95.0 Å². The summed E-state index contributed by atoms with van der Waals surface area (Å²) in [4.78, 5) is 23.3. The molecule has 0 aliphatic heterocycles. The number of aromatic nitrogens is 3. The van der Waals surface area contributed by atoms with Crippen LogP contribution < -0.4 is 5.32 Å². The summed E-state index contributed by atoms with van der Waals surface area (Å²) in [5.41, 5.74) is 0.485. The van der Waals surface area contributed by atoms with Crippen LogP contribution in [0.2, 0.25) is 0 Å². The summed E-state index contributed by atoms with van der Waals surface area (Å²) >= 11 is 0. The van der Waals surface area contributed by atoms with Crippen molar-refractivity contribution >= 4 is 17.3 Å². The molecule has 8 nitrogen and oxygen atoms in total. The van der Waals surface area contributed by atoms with Gasteiger partial charge in [-0.25, -0.2) is 9.07 Å². The van der Waals surface area contributed by atoms with Gasteiger partial charge in [-0.3, -0.25) is 14.9 Å². The van der Waals surface area contributed by atoms with E-state index in [0.29, 0.717) is 5.82 Å². The van der Waals surface area contributed by atoms with Crippen molar-refractivity contribution in [3.63, 3.8) is 0 Å². The number of nitrogens with zero attached hydrogens (tertiary/aromatic N) is 4. The van der Waals surface area contributed by atoms with Gasteiger partial charge >= 0.3 is 0 Å². The molecule has 0 saturated carbocycles. The molecular formula is C20H14FN5O3. The molecule has 0 fully saturated rings. The van der Waals surface area contributed by atoms with Crippen molar-refractivity contribution in [1.82, 2.24) is 14.3 Å². The number of amides is 1. The lowest BCUT2D eigenvalue weighted by molar-refractivity contribution is -0.384. The normalized spacial score (nSPS) is 10.7. The van der Waals surface area contributed by atoms with Gasteiger partial charge in [0.15, 0.2) is 5.82 Å². The van der Waals surface area contributed by atoms with Gasteiger partial charge in [0.1, 0.15) is 17.1 Å². The van der Waals surface area contributed by atoms with Crippen LogP contribution in [-0.2, 0) is 0 Å². The third-order valence-electron chi connectivity index (χ3n) is 4.23. The Morgan fingerprint density at radius 1 is 1.07 bits per heavy atom. The van der Waals surface area contributed by atoms with E-state index >= 15 is 0 Å². The van der Waals surface area contributed by atoms with E-state index in [1.54, 1.807) is 53.4 Å². The van der Waals surface area contributed by atoms with Gasteiger partial charge in [0, 0.05) is 30.2 Å². The van der Waals surface area contributed by atoms with Gasteiger partial charge in [-0.15, -0.1) is 0 Å². The van der Waals surface area contributed by atoms with E-state index in [1.807, 2.05) is 0 Å². The number of para-hydroxylation sites is 1. The highest BCUT2D eigenvalue weighted by atomic mass is 19.1. The second-order valence-corrected chi connectivity index (χ2v) is 6.10. The first-order chi connectivity index (χ1) is 14.0. The van der Waals surface area contributed by atoms with E-state index < -0.39 is 16.6 Å². The Balaban J connectivity index is 1.76. The number of carbonyl (C=O) groups is 1. The smallest absolute Gasteiger partial charge is 0.271 e. The molecule has 0 spiro atoms. The number of rotatable bonds is 5. The fourth-order valence-electron chi connectivity index (χ4n) is 2.92. The minimum atomic E-state index is -0.545. The van der Waals surface area contributed by atoms with Crippen molar-refractivity contribution in [1.29, 1.82) is 0 Å². The number of benzene rings is 2. The number of hydrogen-bond acceptors (Lipinski definition) is 4. The maximum Gasteiger partial charge on any atom is 0.271 e. The van der Waals surface area contributed by atoms with E-state index in [-0.39, 0.29) is 22.6 Å². The quantitative estimate of drug-likeness (QED) is 0.411. The number of non-ortho nitro benzene ring substituents is 1. The number of halogens is 1. The highest BCUT2D eigenvalue weighted by Crippen LogP contribution is 2.23. The monoisotopic (exact) mass is 391 g/mol. The molecule has 9 heteroatoms. The molecule has 0 saturated heterocycles. The van der Waals surface area contributed by atoms with Crippen LogP contribution in [0, 0.1) is 15.9 Å². The van der Waals surface area contributed by atoms with Gasteiger partial charge in [0.05, 0.1) is 11.1 Å². The summed E-state index contributed by atoms with van der Waals surface area (Å²) in [6.45, 7) is 0. The first-order valence-corrected chi connectivity index (χ1v) is 8.56. The van der Waals surface area contributed by atoms with Gasteiger partial charge < -0.3 is 9.88 Å². The van der Waals surface area contributed by atoms with E-state index in [0.717, 1.165) is 0 Å². The summed E-state index contributed by atoms with van der Waals surface area (Å²) in [6.07, 6.45) is 4.74. The summed E-state index contributed by atoms with van der Waals surface area (Å²) < 4.78 is 17.3. The lowest BCUT2D eigenvalue weighted by atomic mass is 10.2. The van der Waals surface area contributed by atoms with Gasteiger partial charge in [0.25, 0.3) is 11.6 Å². The zero-order valence-corrected chi connectivity index (χ0v) is 14.9. The zero-order valence-electron chi connectivity index (χ0n) is 14.9. The van der Waals surface area contributed by atoms with E-state index in [2.05, 4.69) is 10.4 Å². The second kappa shape index (κ2) is 7.39. The maximum absolute atomic E-state index is 14.3. The number of nitro groups is 1. The Morgan fingerprint density at radius 2 is 1.83 bits per heavy atom. The van der Waals surface area contributed by atoms with E-state index in [4.69, 9.17) is 0 Å². The fourth-order valence-corrected chi connectivity index (χ4v) is 2.92. The van der Waals surface area contributed by atoms with Crippen LogP contribution in [0.1, 0.15) is 10.4 Å². The average molecular weight is 391 g/mol. The molecule has 1 N–H and O–H groups in total. The molecule has 0 aliphatic carbocycles. The molecular weight excluding hydrogens is 377 g/mol. The van der Waals surface area contributed by atoms with Gasteiger partial charge in [-0.05, 0) is 30.3 Å². The van der Waals surface area contributed by atoms with Crippen LogP contribution in [0.4, 0.5) is 15.8 Å². The van der Waals surface area contributed by atoms with Crippen molar-refractivity contribution in [3.05, 3.63) is 101 Å². The minimum Gasteiger partial charge on any atom is -0.322 e. The average Bonchev–Trinajstić information content (AvgIpc) is 3.38. The van der Waals surface area contributed by atoms with Gasteiger partial charge in [0.2, 0.25) is 0 Å². The summed E-state index contributed by atoms with van der Waals surface area (Å²) in [7, 11) is 0. The molecule has 2 aromatic heterocycles. The van der Waals surface area contributed by atoms with Gasteiger partial charge in [-0.1, -0.05) is 18.2 Å².